The molecule has 0 saturated heterocycles. The number of fused-ring (bicyclic) bond motifs is 1. The second-order valence-electron chi connectivity index (χ2n) is 6.16. The molecule has 5 nitrogen and oxygen atoms in total. The minimum atomic E-state index is -0.455. The maximum Gasteiger partial charge on any atom is 0.230 e. The number of imidazole rings is 1. The number of hydrogen-bond acceptors (Lipinski definition) is 5. The van der Waals surface area contributed by atoms with E-state index in [-0.39, 0.29) is 11.6 Å². The van der Waals surface area contributed by atoms with E-state index >= 15 is 0 Å². The highest BCUT2D eigenvalue weighted by molar-refractivity contribution is 7.98. The van der Waals surface area contributed by atoms with Gasteiger partial charge in [-0.25, -0.2) is 14.4 Å². The molecule has 0 atom stereocenters. The summed E-state index contributed by atoms with van der Waals surface area (Å²) in [6, 6.07) is 14.2. The summed E-state index contributed by atoms with van der Waals surface area (Å²) in [5.74, 6) is -0.131. The number of hydrogen-bond donors (Lipinski definition) is 0. The summed E-state index contributed by atoms with van der Waals surface area (Å²) in [5, 5.41) is 3.24. The van der Waals surface area contributed by atoms with Crippen LogP contribution in [0.1, 0.15) is 12.6 Å². The maximum absolute atomic E-state index is 14.2. The van der Waals surface area contributed by atoms with Crippen LogP contribution in [0.4, 0.5) is 15.2 Å². The fourth-order valence-electron chi connectivity index (χ4n) is 2.90. The van der Waals surface area contributed by atoms with Crippen LogP contribution < -0.4 is 4.90 Å². The normalized spacial score (nSPS) is 11.1. The third kappa shape index (κ3) is 3.53. The number of thiazole rings is 1. The fourth-order valence-corrected chi connectivity index (χ4v) is 4.76. The van der Waals surface area contributed by atoms with Crippen molar-refractivity contribution in [2.75, 3.05) is 4.90 Å². The number of carbonyl (C=O) groups is 1. The second kappa shape index (κ2) is 7.73. The Balaban J connectivity index is 1.56. The van der Waals surface area contributed by atoms with Crippen molar-refractivity contribution in [1.29, 1.82) is 0 Å². The Morgan fingerprint density at radius 3 is 2.68 bits per heavy atom. The predicted molar refractivity (Wildman–Crippen MR) is 112 cm³/mol. The summed E-state index contributed by atoms with van der Waals surface area (Å²) in [4.78, 5) is 22.6. The molecule has 2 aromatic carbocycles. The van der Waals surface area contributed by atoms with E-state index in [2.05, 4.69) is 14.5 Å². The molecule has 2 aromatic heterocycles. The highest BCUT2D eigenvalue weighted by Crippen LogP contribution is 2.32. The highest BCUT2D eigenvalue weighted by Gasteiger charge is 2.21. The minimum absolute atomic E-state index is 0.207. The summed E-state index contributed by atoms with van der Waals surface area (Å²) in [7, 11) is 1.99. The Hall–Kier alpha value is -2.71. The first kappa shape index (κ1) is 18.6. The molecule has 0 bridgehead atoms. The van der Waals surface area contributed by atoms with Gasteiger partial charge in [-0.15, -0.1) is 11.3 Å². The summed E-state index contributed by atoms with van der Waals surface area (Å²) in [6.45, 7) is 1.40. The molecule has 1 amide bonds. The quantitative estimate of drug-likeness (QED) is 0.426. The number of aryl methyl sites for hydroxylation is 1. The van der Waals surface area contributed by atoms with Gasteiger partial charge in [-0.3, -0.25) is 9.69 Å². The molecule has 0 aliphatic rings. The first-order chi connectivity index (χ1) is 13.5. The van der Waals surface area contributed by atoms with E-state index in [0.29, 0.717) is 10.9 Å². The first-order valence-corrected chi connectivity index (χ1v) is 10.4. The lowest BCUT2D eigenvalue weighted by molar-refractivity contribution is -0.115. The molecule has 4 aromatic rings. The largest absolute Gasteiger partial charge is 0.322 e. The van der Waals surface area contributed by atoms with Crippen LogP contribution in [0.15, 0.2) is 59.1 Å². The van der Waals surface area contributed by atoms with Gasteiger partial charge in [-0.05, 0) is 24.3 Å². The Morgan fingerprint density at radius 1 is 1.18 bits per heavy atom. The molecular formula is C20H17FN4OS2. The lowest BCUT2D eigenvalue weighted by Gasteiger charge is -2.18. The third-order valence-corrected chi connectivity index (χ3v) is 6.17. The number of amides is 1. The summed E-state index contributed by atoms with van der Waals surface area (Å²) >= 11 is 2.90. The number of thioether (sulfide) groups is 1. The zero-order valence-electron chi connectivity index (χ0n) is 15.3. The van der Waals surface area contributed by atoms with Gasteiger partial charge in [-0.1, -0.05) is 36.0 Å². The van der Waals surface area contributed by atoms with Gasteiger partial charge in [0.1, 0.15) is 5.82 Å². The number of carbonyl (C=O) groups excluding carboxylic acids is 1. The smallest absolute Gasteiger partial charge is 0.230 e. The number of rotatable bonds is 5. The molecule has 28 heavy (non-hydrogen) atoms. The van der Waals surface area contributed by atoms with Crippen LogP contribution in [0.25, 0.3) is 11.0 Å². The van der Waals surface area contributed by atoms with Crippen LogP contribution in [-0.4, -0.2) is 20.4 Å². The van der Waals surface area contributed by atoms with E-state index in [1.54, 1.807) is 30.0 Å². The van der Waals surface area contributed by atoms with Crippen molar-refractivity contribution in [1.82, 2.24) is 14.5 Å². The Labute approximate surface area is 169 Å². The van der Waals surface area contributed by atoms with E-state index in [1.807, 2.05) is 36.7 Å². The van der Waals surface area contributed by atoms with Crippen LogP contribution in [0.2, 0.25) is 0 Å². The van der Waals surface area contributed by atoms with Crippen molar-refractivity contribution < 1.29 is 9.18 Å². The van der Waals surface area contributed by atoms with Gasteiger partial charge in [-0.2, -0.15) is 0 Å². The average molecular weight is 413 g/mol. The molecule has 8 heteroatoms. The van der Waals surface area contributed by atoms with Crippen LogP contribution >= 0.6 is 23.1 Å². The fraction of sp³-hybridized carbons (Fsp3) is 0.150. The van der Waals surface area contributed by atoms with Crippen LogP contribution in [-0.2, 0) is 17.6 Å². The first-order valence-electron chi connectivity index (χ1n) is 8.58. The van der Waals surface area contributed by atoms with Crippen molar-refractivity contribution in [2.24, 2.45) is 7.05 Å². The number of anilines is 2. The van der Waals surface area contributed by atoms with Gasteiger partial charge in [0, 0.05) is 25.1 Å². The maximum atomic E-state index is 14.2. The molecule has 2 heterocycles. The summed E-state index contributed by atoms with van der Waals surface area (Å²) in [6.07, 6.45) is 0. The van der Waals surface area contributed by atoms with Gasteiger partial charge in [0.15, 0.2) is 10.3 Å². The summed E-state index contributed by atoms with van der Waals surface area (Å²) in [5.41, 5.74) is 3.05. The van der Waals surface area contributed by atoms with E-state index in [0.717, 1.165) is 21.9 Å². The van der Waals surface area contributed by atoms with Crippen molar-refractivity contribution in [3.63, 3.8) is 0 Å². The van der Waals surface area contributed by atoms with Gasteiger partial charge >= 0.3 is 0 Å². The molecule has 0 fully saturated rings. The number of halogens is 1. The van der Waals surface area contributed by atoms with Crippen molar-refractivity contribution in [3.8, 4) is 0 Å². The van der Waals surface area contributed by atoms with Crippen LogP contribution in [0.3, 0.4) is 0 Å². The highest BCUT2D eigenvalue weighted by atomic mass is 32.2. The SMILES string of the molecule is CC(=O)N(c1nc(CSc2nc3ccccc3n2C)cs1)c1ccccc1F. The van der Waals surface area contributed by atoms with Gasteiger partial charge in [0.25, 0.3) is 0 Å². The summed E-state index contributed by atoms with van der Waals surface area (Å²) < 4.78 is 16.2. The number of nitrogens with zero attached hydrogens (tertiary/aromatic N) is 4. The molecule has 142 valence electrons. The molecule has 0 saturated carbocycles. The van der Waals surface area contributed by atoms with Gasteiger partial charge in [0.2, 0.25) is 5.91 Å². The monoisotopic (exact) mass is 412 g/mol. The standard InChI is InChI=1S/C20H17FN4OS2/c1-13(26)25(17-9-5-3-7-15(17)21)20-22-14(12-28-20)11-27-19-23-16-8-4-6-10-18(16)24(19)2/h3-10,12H,11H2,1-2H3. The van der Waals surface area contributed by atoms with Gasteiger partial charge in [0.05, 0.1) is 22.4 Å². The Morgan fingerprint density at radius 2 is 1.93 bits per heavy atom. The van der Waals surface area contributed by atoms with Gasteiger partial charge < -0.3 is 4.57 Å². The molecule has 0 spiro atoms. The zero-order valence-corrected chi connectivity index (χ0v) is 16.9. The van der Waals surface area contributed by atoms with E-state index in [4.69, 9.17) is 0 Å². The van der Waals surface area contributed by atoms with Crippen molar-refractivity contribution >= 4 is 50.9 Å². The molecule has 0 N–H and O–H groups in total. The molecule has 0 radical (unpaired) electrons. The third-order valence-electron chi connectivity index (χ3n) is 4.23. The van der Waals surface area contributed by atoms with E-state index in [1.165, 1.54) is 29.2 Å². The second-order valence-corrected chi connectivity index (χ2v) is 7.94. The number of para-hydroxylation sites is 3. The Kier molecular flexibility index (Phi) is 5.15. The predicted octanol–water partition coefficient (Wildman–Crippen LogP) is 5.15. The van der Waals surface area contributed by atoms with Crippen LogP contribution in [0, 0.1) is 5.82 Å². The zero-order chi connectivity index (χ0) is 19.7. The molecule has 0 unspecified atom stereocenters. The Bertz CT molecular complexity index is 1150. The van der Waals surface area contributed by atoms with Crippen molar-refractivity contribution in [2.45, 2.75) is 17.8 Å². The van der Waals surface area contributed by atoms with E-state index in [9.17, 15) is 9.18 Å². The van der Waals surface area contributed by atoms with Crippen molar-refractivity contribution in [3.05, 3.63) is 65.4 Å². The average Bonchev–Trinajstić information content (AvgIpc) is 3.27. The molecule has 4 rings (SSSR count). The number of benzene rings is 2. The lowest BCUT2D eigenvalue weighted by atomic mass is 10.3. The molecule has 0 aliphatic heterocycles. The molecular weight excluding hydrogens is 395 g/mol. The number of aromatic nitrogens is 3. The minimum Gasteiger partial charge on any atom is -0.322 e. The van der Waals surface area contributed by atoms with E-state index < -0.39 is 5.82 Å². The lowest BCUT2D eigenvalue weighted by Crippen LogP contribution is -2.23. The topological polar surface area (TPSA) is 51.0 Å². The van der Waals surface area contributed by atoms with Crippen LogP contribution in [0.5, 0.6) is 0 Å². The molecule has 0 aliphatic carbocycles.